The Hall–Kier alpha value is -2.55. The lowest BCUT2D eigenvalue weighted by atomic mass is 10.0. The molecule has 4 rings (SSSR count). The Balaban J connectivity index is 1.54. The van der Waals surface area contributed by atoms with Gasteiger partial charge in [0, 0.05) is 18.0 Å². The number of nitrogens with one attached hydrogen (secondary N) is 1. The van der Waals surface area contributed by atoms with Gasteiger partial charge in [0.15, 0.2) is 11.5 Å². The van der Waals surface area contributed by atoms with Gasteiger partial charge >= 0.3 is 0 Å². The molecule has 1 aliphatic rings. The molecule has 142 valence electrons. The number of ether oxygens (including phenoxy) is 2. The number of sulfonamides is 1. The van der Waals surface area contributed by atoms with Crippen LogP contribution in [0.5, 0.6) is 11.5 Å². The molecule has 2 heterocycles. The lowest BCUT2D eigenvalue weighted by Crippen LogP contribution is -2.38. The third kappa shape index (κ3) is 3.51. The van der Waals surface area contributed by atoms with Crippen LogP contribution in [-0.2, 0) is 15.6 Å². The van der Waals surface area contributed by atoms with Crippen molar-refractivity contribution in [3.63, 3.8) is 0 Å². The van der Waals surface area contributed by atoms with Crippen LogP contribution in [-0.4, -0.2) is 33.3 Å². The second-order valence-corrected chi connectivity index (χ2v) is 8.32. The summed E-state index contributed by atoms with van der Waals surface area (Å²) in [6, 6.07) is 13.4. The molecule has 0 spiro atoms. The van der Waals surface area contributed by atoms with E-state index < -0.39 is 15.6 Å². The predicted octanol–water partition coefficient (Wildman–Crippen LogP) is 2.39. The molecule has 2 aromatic carbocycles. The molecule has 0 saturated heterocycles. The van der Waals surface area contributed by atoms with Crippen molar-refractivity contribution in [3.05, 3.63) is 54.3 Å². The Morgan fingerprint density at radius 3 is 2.59 bits per heavy atom. The van der Waals surface area contributed by atoms with E-state index in [0.717, 1.165) is 5.39 Å². The van der Waals surface area contributed by atoms with Crippen molar-refractivity contribution in [1.82, 2.24) is 4.72 Å². The van der Waals surface area contributed by atoms with Crippen LogP contribution < -0.4 is 14.2 Å². The van der Waals surface area contributed by atoms with Crippen LogP contribution in [0.1, 0.15) is 12.7 Å². The second kappa shape index (κ2) is 6.56. The number of fused-ring (bicyclic) bond motifs is 2. The Morgan fingerprint density at radius 1 is 1.07 bits per heavy atom. The van der Waals surface area contributed by atoms with Crippen molar-refractivity contribution in [1.29, 1.82) is 0 Å². The maximum absolute atomic E-state index is 12.6. The van der Waals surface area contributed by atoms with E-state index in [4.69, 9.17) is 13.9 Å². The van der Waals surface area contributed by atoms with Crippen LogP contribution >= 0.6 is 0 Å². The first-order valence-corrected chi connectivity index (χ1v) is 9.94. The highest BCUT2D eigenvalue weighted by Crippen LogP contribution is 2.32. The molecule has 7 nitrogen and oxygen atoms in total. The molecular formula is C19H19NO6S. The Bertz CT molecular complexity index is 1050. The molecule has 2 N–H and O–H groups in total. The first-order chi connectivity index (χ1) is 12.9. The first-order valence-electron chi connectivity index (χ1n) is 8.46. The topological polar surface area (TPSA) is 98.0 Å². The molecule has 1 aromatic heterocycles. The molecule has 0 radical (unpaired) electrons. The molecule has 0 aliphatic carbocycles. The van der Waals surface area contributed by atoms with Gasteiger partial charge in [-0.1, -0.05) is 18.2 Å². The third-order valence-corrected chi connectivity index (χ3v) is 5.79. The van der Waals surface area contributed by atoms with Crippen molar-refractivity contribution in [3.8, 4) is 11.5 Å². The zero-order valence-electron chi connectivity index (χ0n) is 14.6. The molecule has 0 amide bonds. The molecule has 0 saturated carbocycles. The monoisotopic (exact) mass is 389 g/mol. The van der Waals surface area contributed by atoms with Crippen LogP contribution in [0.15, 0.2) is 57.8 Å². The Morgan fingerprint density at radius 2 is 1.81 bits per heavy atom. The number of rotatable bonds is 5. The largest absolute Gasteiger partial charge is 0.486 e. The van der Waals surface area contributed by atoms with E-state index in [2.05, 4.69) is 4.72 Å². The summed E-state index contributed by atoms with van der Waals surface area (Å²) in [6.45, 7) is 2.04. The molecule has 1 unspecified atom stereocenters. The minimum Gasteiger partial charge on any atom is -0.486 e. The van der Waals surface area contributed by atoms with Crippen LogP contribution in [0.3, 0.4) is 0 Å². The van der Waals surface area contributed by atoms with Gasteiger partial charge in [0.25, 0.3) is 0 Å². The lowest BCUT2D eigenvalue weighted by Gasteiger charge is -2.22. The number of hydrogen-bond donors (Lipinski definition) is 2. The van der Waals surface area contributed by atoms with Gasteiger partial charge in [-0.3, -0.25) is 0 Å². The minimum atomic E-state index is -3.85. The zero-order valence-corrected chi connectivity index (χ0v) is 15.5. The van der Waals surface area contributed by atoms with Crippen LogP contribution in [0.2, 0.25) is 0 Å². The quantitative estimate of drug-likeness (QED) is 0.695. The van der Waals surface area contributed by atoms with Gasteiger partial charge in [-0.15, -0.1) is 0 Å². The van der Waals surface area contributed by atoms with Crippen LogP contribution in [0.4, 0.5) is 0 Å². The molecule has 0 fully saturated rings. The highest BCUT2D eigenvalue weighted by Gasteiger charge is 2.30. The number of furan rings is 1. The molecule has 1 aliphatic heterocycles. The van der Waals surface area contributed by atoms with Crippen molar-refractivity contribution in [2.45, 2.75) is 17.4 Å². The van der Waals surface area contributed by atoms with Gasteiger partial charge in [0.2, 0.25) is 10.0 Å². The van der Waals surface area contributed by atoms with E-state index in [-0.39, 0.29) is 17.2 Å². The maximum Gasteiger partial charge on any atom is 0.240 e. The summed E-state index contributed by atoms with van der Waals surface area (Å²) in [7, 11) is -3.85. The standard InChI is InChI=1S/C19H19NO6S/c1-19(21,18-10-13-4-2-3-5-15(13)26-18)12-20-27(22,23)14-6-7-16-17(11-14)25-9-8-24-16/h2-7,10-11,20-21H,8-9,12H2,1H3. The normalized spacial score (nSPS) is 16.2. The third-order valence-electron chi connectivity index (χ3n) is 4.39. The van der Waals surface area contributed by atoms with Crippen molar-refractivity contribution < 1.29 is 27.4 Å². The van der Waals surface area contributed by atoms with E-state index in [1.807, 2.05) is 18.2 Å². The van der Waals surface area contributed by atoms with Crippen molar-refractivity contribution in [2.75, 3.05) is 19.8 Å². The van der Waals surface area contributed by atoms with Gasteiger partial charge in [-0.2, -0.15) is 0 Å². The van der Waals surface area contributed by atoms with Gasteiger partial charge in [0.1, 0.15) is 30.2 Å². The SMILES string of the molecule is CC(O)(CNS(=O)(=O)c1ccc2c(c1)OCCO2)c1cc2ccccc2o1. The fourth-order valence-corrected chi connectivity index (χ4v) is 3.99. The summed E-state index contributed by atoms with van der Waals surface area (Å²) in [6.07, 6.45) is 0. The molecule has 27 heavy (non-hydrogen) atoms. The number of benzene rings is 2. The van der Waals surface area contributed by atoms with E-state index >= 15 is 0 Å². The minimum absolute atomic E-state index is 0.0344. The smallest absolute Gasteiger partial charge is 0.240 e. The summed E-state index contributed by atoms with van der Waals surface area (Å²) in [5.74, 6) is 1.18. The predicted molar refractivity (Wildman–Crippen MR) is 98.4 cm³/mol. The summed E-state index contributed by atoms with van der Waals surface area (Å²) >= 11 is 0. The maximum atomic E-state index is 12.6. The fraction of sp³-hybridized carbons (Fsp3) is 0.263. The fourth-order valence-electron chi connectivity index (χ4n) is 2.84. The molecular weight excluding hydrogens is 370 g/mol. The second-order valence-electron chi connectivity index (χ2n) is 6.55. The summed E-state index contributed by atoms with van der Waals surface area (Å²) in [5.41, 5.74) is -0.887. The van der Waals surface area contributed by atoms with Crippen LogP contribution in [0.25, 0.3) is 11.0 Å². The van der Waals surface area contributed by atoms with Crippen molar-refractivity contribution >= 4 is 21.0 Å². The van der Waals surface area contributed by atoms with E-state index in [9.17, 15) is 13.5 Å². The molecule has 8 heteroatoms. The van der Waals surface area contributed by atoms with Crippen molar-refractivity contribution in [2.24, 2.45) is 0 Å². The molecule has 0 bridgehead atoms. The average molecular weight is 389 g/mol. The summed E-state index contributed by atoms with van der Waals surface area (Å²) in [4.78, 5) is 0.0344. The number of aliphatic hydroxyl groups is 1. The zero-order chi connectivity index (χ0) is 19.1. The Kier molecular flexibility index (Phi) is 4.33. The van der Waals surface area contributed by atoms with E-state index in [1.54, 1.807) is 18.2 Å². The average Bonchev–Trinajstić information content (AvgIpc) is 3.11. The first kappa shape index (κ1) is 17.8. The highest BCUT2D eigenvalue weighted by molar-refractivity contribution is 7.89. The van der Waals surface area contributed by atoms with E-state index in [0.29, 0.717) is 30.3 Å². The van der Waals surface area contributed by atoms with Crippen LogP contribution in [0, 0.1) is 0 Å². The van der Waals surface area contributed by atoms with E-state index in [1.165, 1.54) is 19.1 Å². The van der Waals surface area contributed by atoms with Gasteiger partial charge in [0.05, 0.1) is 4.90 Å². The lowest BCUT2D eigenvalue weighted by molar-refractivity contribution is 0.0412. The summed E-state index contributed by atoms with van der Waals surface area (Å²) in [5, 5.41) is 11.6. The summed E-state index contributed by atoms with van der Waals surface area (Å²) < 4.78 is 44.2. The highest BCUT2D eigenvalue weighted by atomic mass is 32.2. The van der Waals surface area contributed by atoms with Gasteiger partial charge in [-0.05, 0) is 31.2 Å². The number of para-hydroxylation sites is 1. The van der Waals surface area contributed by atoms with Gasteiger partial charge in [-0.25, -0.2) is 13.1 Å². The van der Waals surface area contributed by atoms with Gasteiger partial charge < -0.3 is 19.0 Å². The number of hydrogen-bond acceptors (Lipinski definition) is 6. The molecule has 3 aromatic rings. The molecule has 1 atom stereocenters. The Labute approximate surface area is 156 Å².